The fourth-order valence-electron chi connectivity index (χ4n) is 1.51. The minimum atomic E-state index is -0.739. The lowest BCUT2D eigenvalue weighted by molar-refractivity contribution is -0.384. The second-order valence-corrected chi connectivity index (χ2v) is 4.17. The fraction of sp³-hybridized carbons (Fsp3) is 0. The third kappa shape index (κ3) is 2.95. The van der Waals surface area contributed by atoms with Gasteiger partial charge in [0.15, 0.2) is 0 Å². The zero-order valence-electron chi connectivity index (χ0n) is 10.2. The normalized spacial score (nSPS) is 10.1. The Labute approximate surface area is 121 Å². The van der Waals surface area contributed by atoms with E-state index in [1.807, 2.05) is 0 Å². The van der Waals surface area contributed by atoms with Gasteiger partial charge in [0.25, 0.3) is 5.69 Å². The summed E-state index contributed by atoms with van der Waals surface area (Å²) in [7, 11) is 0. The summed E-state index contributed by atoms with van der Waals surface area (Å²) < 4.78 is 0. The van der Waals surface area contributed by atoms with Gasteiger partial charge in [-0.25, -0.2) is 9.97 Å². The molecule has 0 bridgehead atoms. The van der Waals surface area contributed by atoms with Gasteiger partial charge in [0.05, 0.1) is 20.6 Å². The molecule has 1 aromatic heterocycles. The van der Waals surface area contributed by atoms with Crippen molar-refractivity contribution in [3.8, 4) is 0 Å². The van der Waals surface area contributed by atoms with Crippen molar-refractivity contribution < 1.29 is 9.85 Å². The van der Waals surface area contributed by atoms with Crippen LogP contribution in [0.25, 0.3) is 0 Å². The highest BCUT2D eigenvalue weighted by atomic mass is 35.5. The van der Waals surface area contributed by atoms with Crippen molar-refractivity contribution in [1.82, 2.24) is 9.97 Å². The first kappa shape index (κ1) is 14.4. The van der Waals surface area contributed by atoms with Gasteiger partial charge < -0.3 is 11.1 Å². The van der Waals surface area contributed by atoms with E-state index in [0.717, 1.165) is 12.4 Å². The van der Waals surface area contributed by atoms with E-state index in [1.54, 1.807) is 0 Å². The van der Waals surface area contributed by atoms with Crippen molar-refractivity contribution in [3.63, 3.8) is 0 Å². The zero-order valence-corrected chi connectivity index (χ0v) is 10.9. The highest BCUT2D eigenvalue weighted by Gasteiger charge is 2.22. The van der Waals surface area contributed by atoms with Crippen LogP contribution in [0.1, 0.15) is 0 Å². The number of nitrogens with one attached hydrogen (secondary N) is 1. The Morgan fingerprint density at radius 1 is 1.19 bits per heavy atom. The van der Waals surface area contributed by atoms with Gasteiger partial charge in [-0.15, -0.1) is 0 Å². The molecule has 0 saturated carbocycles. The lowest BCUT2D eigenvalue weighted by atomic mass is 10.2. The summed E-state index contributed by atoms with van der Waals surface area (Å²) in [6.45, 7) is 0. The molecule has 0 aliphatic carbocycles. The predicted octanol–water partition coefficient (Wildman–Crippen LogP) is 2.27. The number of nitro groups is 2. The number of nitrogen functional groups attached to an aromatic ring is 1. The molecule has 3 N–H and O–H groups in total. The van der Waals surface area contributed by atoms with E-state index in [2.05, 4.69) is 15.3 Å². The largest absolute Gasteiger partial charge is 0.378 e. The number of anilines is 3. The average molecular weight is 311 g/mol. The summed E-state index contributed by atoms with van der Waals surface area (Å²) >= 11 is 5.88. The molecule has 10 nitrogen and oxygen atoms in total. The topological polar surface area (TPSA) is 150 Å². The van der Waals surface area contributed by atoms with Crippen molar-refractivity contribution in [3.05, 3.63) is 49.8 Å². The Morgan fingerprint density at radius 3 is 2.48 bits per heavy atom. The molecule has 0 spiro atoms. The lowest BCUT2D eigenvalue weighted by Gasteiger charge is -2.08. The van der Waals surface area contributed by atoms with Crippen LogP contribution in [0.15, 0.2) is 24.5 Å². The Morgan fingerprint density at radius 2 is 1.90 bits per heavy atom. The second kappa shape index (κ2) is 5.54. The summed E-state index contributed by atoms with van der Waals surface area (Å²) in [5, 5.41) is 24.2. The van der Waals surface area contributed by atoms with Crippen molar-refractivity contribution in [2.45, 2.75) is 0 Å². The van der Waals surface area contributed by atoms with E-state index >= 15 is 0 Å². The monoisotopic (exact) mass is 310 g/mol. The number of hydrogen-bond acceptors (Lipinski definition) is 8. The molecule has 0 fully saturated rings. The smallest absolute Gasteiger partial charge is 0.353 e. The molecule has 0 atom stereocenters. The average Bonchev–Trinajstić information content (AvgIpc) is 2.40. The van der Waals surface area contributed by atoms with Crippen molar-refractivity contribution >= 4 is 40.3 Å². The van der Waals surface area contributed by atoms with Crippen LogP contribution in [0, 0.1) is 20.2 Å². The zero-order chi connectivity index (χ0) is 15.6. The quantitative estimate of drug-likeness (QED) is 0.644. The molecule has 0 saturated heterocycles. The van der Waals surface area contributed by atoms with Crippen LogP contribution in [0.2, 0.25) is 5.02 Å². The van der Waals surface area contributed by atoms with Crippen LogP contribution in [-0.4, -0.2) is 19.8 Å². The van der Waals surface area contributed by atoms with Gasteiger partial charge in [0.1, 0.15) is 6.33 Å². The van der Waals surface area contributed by atoms with Gasteiger partial charge in [-0.2, -0.15) is 0 Å². The SMILES string of the molecule is Nc1ncnc(Nc2ccc([N+](=O)[O-])cc2Cl)c1[N+](=O)[O-]. The number of aromatic nitrogens is 2. The van der Waals surface area contributed by atoms with Crippen molar-refractivity contribution in [2.75, 3.05) is 11.1 Å². The van der Waals surface area contributed by atoms with Crippen LogP contribution in [0.5, 0.6) is 0 Å². The van der Waals surface area contributed by atoms with Gasteiger partial charge in [-0.05, 0) is 6.07 Å². The van der Waals surface area contributed by atoms with Gasteiger partial charge in [-0.1, -0.05) is 11.6 Å². The highest BCUT2D eigenvalue weighted by Crippen LogP contribution is 2.33. The Balaban J connectivity index is 2.42. The maximum absolute atomic E-state index is 10.9. The molecule has 11 heteroatoms. The molecule has 2 aromatic rings. The minimum absolute atomic E-state index is 0.00989. The Bertz CT molecular complexity index is 737. The van der Waals surface area contributed by atoms with Crippen LogP contribution < -0.4 is 11.1 Å². The molecule has 0 aliphatic rings. The van der Waals surface area contributed by atoms with Gasteiger partial charge in [0, 0.05) is 12.1 Å². The summed E-state index contributed by atoms with van der Waals surface area (Å²) in [5.74, 6) is -0.473. The number of hydrogen-bond donors (Lipinski definition) is 2. The van der Waals surface area contributed by atoms with Crippen LogP contribution in [0.4, 0.5) is 28.7 Å². The number of non-ortho nitro benzene ring substituents is 1. The molecule has 0 unspecified atom stereocenters. The number of nitrogens with two attached hydrogens (primary N) is 1. The highest BCUT2D eigenvalue weighted by molar-refractivity contribution is 6.33. The lowest BCUT2D eigenvalue weighted by Crippen LogP contribution is -2.05. The summed E-state index contributed by atoms with van der Waals surface area (Å²) in [6.07, 6.45) is 1.05. The van der Waals surface area contributed by atoms with E-state index in [0.29, 0.717) is 0 Å². The maximum Gasteiger partial charge on any atom is 0.353 e. The number of nitro benzene ring substituents is 1. The molecule has 108 valence electrons. The Hall–Kier alpha value is -3.01. The van der Waals surface area contributed by atoms with Crippen LogP contribution in [0.3, 0.4) is 0 Å². The molecule has 21 heavy (non-hydrogen) atoms. The van der Waals surface area contributed by atoms with Gasteiger partial charge >= 0.3 is 5.69 Å². The van der Waals surface area contributed by atoms with Gasteiger partial charge in [0.2, 0.25) is 11.6 Å². The first-order valence-corrected chi connectivity index (χ1v) is 5.73. The molecule has 2 rings (SSSR count). The van der Waals surface area contributed by atoms with E-state index in [9.17, 15) is 20.2 Å². The maximum atomic E-state index is 10.9. The first-order chi connectivity index (χ1) is 9.90. The van der Waals surface area contributed by atoms with Gasteiger partial charge in [-0.3, -0.25) is 20.2 Å². The fourth-order valence-corrected chi connectivity index (χ4v) is 1.73. The van der Waals surface area contributed by atoms with Crippen molar-refractivity contribution in [2.24, 2.45) is 0 Å². The molecule has 1 heterocycles. The molecular formula is C10H7ClN6O4. The molecule has 0 radical (unpaired) electrons. The Kier molecular flexibility index (Phi) is 3.80. The van der Waals surface area contributed by atoms with E-state index in [1.165, 1.54) is 12.1 Å². The van der Waals surface area contributed by atoms with E-state index < -0.39 is 15.5 Å². The van der Waals surface area contributed by atoms with E-state index in [4.69, 9.17) is 17.3 Å². The number of halogens is 1. The second-order valence-electron chi connectivity index (χ2n) is 3.76. The van der Waals surface area contributed by atoms with Crippen molar-refractivity contribution in [1.29, 1.82) is 0 Å². The standard InChI is InChI=1S/C10H7ClN6O4/c11-6-3-5(16(18)19)1-2-7(6)15-10-8(17(20)21)9(12)13-4-14-10/h1-4H,(H3,12,13,14,15). The van der Waals surface area contributed by atoms with E-state index in [-0.39, 0.29) is 28.0 Å². The summed E-state index contributed by atoms with van der Waals surface area (Å²) in [6, 6.07) is 3.62. The first-order valence-electron chi connectivity index (χ1n) is 5.36. The minimum Gasteiger partial charge on any atom is -0.378 e. The summed E-state index contributed by atoms with van der Waals surface area (Å²) in [4.78, 5) is 27.4. The predicted molar refractivity (Wildman–Crippen MR) is 74.5 cm³/mol. The third-order valence-electron chi connectivity index (χ3n) is 2.45. The van der Waals surface area contributed by atoms with Crippen LogP contribution in [-0.2, 0) is 0 Å². The molecule has 0 amide bonds. The third-order valence-corrected chi connectivity index (χ3v) is 2.76. The number of rotatable bonds is 4. The van der Waals surface area contributed by atoms with Crippen LogP contribution >= 0.6 is 11.6 Å². The number of nitrogens with zero attached hydrogens (tertiary/aromatic N) is 4. The molecule has 1 aromatic carbocycles. The molecule has 0 aliphatic heterocycles. The summed E-state index contributed by atoms with van der Waals surface area (Å²) in [5.41, 5.74) is 4.92. The molecular weight excluding hydrogens is 304 g/mol. The number of benzene rings is 1.